The molecule has 0 radical (unpaired) electrons. The minimum Gasteiger partial charge on any atom is -0.392 e. The van der Waals surface area contributed by atoms with Crippen LogP contribution in [0.1, 0.15) is 52.4 Å². The molecule has 0 aromatic carbocycles. The van der Waals surface area contributed by atoms with Gasteiger partial charge in [0.25, 0.3) is 0 Å². The zero-order valence-corrected chi connectivity index (χ0v) is 13.8. The van der Waals surface area contributed by atoms with Gasteiger partial charge >= 0.3 is 0 Å². The monoisotopic (exact) mass is 316 g/mol. The van der Waals surface area contributed by atoms with Crippen LogP contribution in [0.4, 0.5) is 0 Å². The molecule has 4 aliphatic rings. The smallest absolute Gasteiger partial charge is 0.158 e. The first kappa shape index (κ1) is 15.3. The highest BCUT2D eigenvalue weighted by atomic mass is 16.3. The standard InChI is InChI=1S/C19H24O4/c1-18-9-14(21)17-12(13(18)5-6-15(18)22)4-3-10-7-11(20)8-16(23)19(10,17)2/h7,12-13,16-17,23H,3-6,8-9H2,1-2H3/t12-,13-,16?,17+,18-,19+/m0/s1. The van der Waals surface area contributed by atoms with Gasteiger partial charge in [0.2, 0.25) is 0 Å². The average Bonchev–Trinajstić information content (AvgIpc) is 2.76. The van der Waals surface area contributed by atoms with E-state index in [2.05, 4.69) is 0 Å². The number of hydrogen-bond donors (Lipinski definition) is 1. The van der Waals surface area contributed by atoms with Gasteiger partial charge in [0.05, 0.1) is 6.10 Å². The Morgan fingerprint density at radius 3 is 2.61 bits per heavy atom. The maximum Gasteiger partial charge on any atom is 0.158 e. The lowest BCUT2D eigenvalue weighted by Gasteiger charge is -2.56. The van der Waals surface area contributed by atoms with Crippen LogP contribution in [0.2, 0.25) is 0 Å². The Morgan fingerprint density at radius 2 is 1.87 bits per heavy atom. The van der Waals surface area contributed by atoms with E-state index in [-0.39, 0.29) is 41.5 Å². The van der Waals surface area contributed by atoms with Crippen LogP contribution in [0, 0.1) is 28.6 Å². The fraction of sp³-hybridized carbons (Fsp3) is 0.737. The first-order valence-corrected chi connectivity index (χ1v) is 8.76. The number of carbonyl (C=O) groups is 3. The number of aliphatic hydroxyl groups is 1. The highest BCUT2D eigenvalue weighted by Crippen LogP contribution is 2.63. The molecule has 0 saturated heterocycles. The Bertz CT molecular complexity index is 648. The second kappa shape index (κ2) is 4.62. The van der Waals surface area contributed by atoms with Gasteiger partial charge in [0, 0.05) is 36.0 Å². The Kier molecular flexibility index (Phi) is 3.07. The van der Waals surface area contributed by atoms with Gasteiger partial charge in [0.1, 0.15) is 11.6 Å². The SMILES string of the molecule is C[C@]12CC(=O)[C@H]3[C@@H](CCC4=CC(=O)CC(O)[C@@]43C)[C@@H]1CCC2=O. The summed E-state index contributed by atoms with van der Waals surface area (Å²) in [5.41, 5.74) is -0.171. The molecule has 0 aromatic heterocycles. The fourth-order valence-corrected chi connectivity index (χ4v) is 6.20. The van der Waals surface area contributed by atoms with E-state index in [1.54, 1.807) is 6.08 Å². The van der Waals surface area contributed by atoms with Crippen LogP contribution < -0.4 is 0 Å². The summed E-state index contributed by atoms with van der Waals surface area (Å²) in [7, 11) is 0. The van der Waals surface area contributed by atoms with Crippen molar-refractivity contribution in [1.82, 2.24) is 0 Å². The number of aliphatic hydroxyl groups excluding tert-OH is 1. The topological polar surface area (TPSA) is 71.4 Å². The summed E-state index contributed by atoms with van der Waals surface area (Å²) in [6.45, 7) is 3.93. The van der Waals surface area contributed by atoms with Gasteiger partial charge in [-0.2, -0.15) is 0 Å². The number of Topliss-reactive ketones (excluding diaryl/α,β-unsaturated/α-hetero) is 2. The van der Waals surface area contributed by atoms with Crippen LogP contribution in [0.3, 0.4) is 0 Å². The molecule has 0 bridgehead atoms. The number of rotatable bonds is 0. The number of ketones is 3. The molecule has 124 valence electrons. The summed E-state index contributed by atoms with van der Waals surface area (Å²) < 4.78 is 0. The third-order valence-electron chi connectivity index (χ3n) is 7.48. The number of carbonyl (C=O) groups excluding carboxylic acids is 3. The van der Waals surface area contributed by atoms with E-state index in [1.165, 1.54) is 0 Å². The third kappa shape index (κ3) is 1.79. The van der Waals surface area contributed by atoms with E-state index in [9.17, 15) is 19.5 Å². The molecule has 1 N–H and O–H groups in total. The maximum atomic E-state index is 13.0. The molecule has 23 heavy (non-hydrogen) atoms. The summed E-state index contributed by atoms with van der Waals surface area (Å²) in [5, 5.41) is 10.7. The van der Waals surface area contributed by atoms with Crippen molar-refractivity contribution in [3.63, 3.8) is 0 Å². The molecule has 4 nitrogen and oxygen atoms in total. The molecule has 0 heterocycles. The predicted molar refractivity (Wildman–Crippen MR) is 83.5 cm³/mol. The van der Waals surface area contributed by atoms with Crippen molar-refractivity contribution < 1.29 is 19.5 Å². The second-order valence-electron chi connectivity index (χ2n) is 8.45. The van der Waals surface area contributed by atoms with Crippen molar-refractivity contribution >= 4 is 17.3 Å². The molecule has 3 fully saturated rings. The first-order valence-electron chi connectivity index (χ1n) is 8.76. The van der Waals surface area contributed by atoms with Gasteiger partial charge in [-0.3, -0.25) is 14.4 Å². The van der Waals surface area contributed by atoms with Crippen LogP contribution >= 0.6 is 0 Å². The Hall–Kier alpha value is -1.29. The normalized spacial score (nSPS) is 49.3. The lowest BCUT2D eigenvalue weighted by molar-refractivity contribution is -0.156. The fourth-order valence-electron chi connectivity index (χ4n) is 6.20. The van der Waals surface area contributed by atoms with Gasteiger partial charge in [-0.05, 0) is 37.2 Å². The van der Waals surface area contributed by atoms with Gasteiger partial charge < -0.3 is 5.11 Å². The van der Waals surface area contributed by atoms with Crippen molar-refractivity contribution in [2.75, 3.05) is 0 Å². The lowest BCUT2D eigenvalue weighted by Crippen LogP contribution is -2.58. The number of fused-ring (bicyclic) bond motifs is 5. The van der Waals surface area contributed by atoms with E-state index >= 15 is 0 Å². The first-order chi connectivity index (χ1) is 10.8. The summed E-state index contributed by atoms with van der Waals surface area (Å²) in [4.78, 5) is 37.2. The van der Waals surface area contributed by atoms with Crippen LogP contribution in [0.5, 0.6) is 0 Å². The third-order valence-corrected chi connectivity index (χ3v) is 7.48. The lowest BCUT2D eigenvalue weighted by atomic mass is 9.46. The van der Waals surface area contributed by atoms with E-state index in [1.807, 2.05) is 13.8 Å². The zero-order valence-electron chi connectivity index (χ0n) is 13.8. The molecular formula is C19H24O4. The molecule has 3 saturated carbocycles. The highest BCUT2D eigenvalue weighted by Gasteiger charge is 2.63. The minimum absolute atomic E-state index is 0.0347. The molecule has 4 rings (SSSR count). The largest absolute Gasteiger partial charge is 0.392 e. The molecule has 0 amide bonds. The minimum atomic E-state index is -0.784. The van der Waals surface area contributed by atoms with Gasteiger partial charge in [-0.25, -0.2) is 0 Å². The summed E-state index contributed by atoms with van der Waals surface area (Å²) in [6.07, 6.45) is 4.36. The number of hydrogen-bond acceptors (Lipinski definition) is 4. The Morgan fingerprint density at radius 1 is 1.13 bits per heavy atom. The maximum absolute atomic E-state index is 13.0. The van der Waals surface area contributed by atoms with Crippen molar-refractivity contribution in [1.29, 1.82) is 0 Å². The Balaban J connectivity index is 1.80. The van der Waals surface area contributed by atoms with E-state index in [0.29, 0.717) is 12.8 Å². The molecular weight excluding hydrogens is 292 g/mol. The Labute approximate surface area is 136 Å². The van der Waals surface area contributed by atoms with Crippen molar-refractivity contribution in [3.05, 3.63) is 11.6 Å². The molecule has 0 aliphatic heterocycles. The molecule has 1 unspecified atom stereocenters. The van der Waals surface area contributed by atoms with E-state index in [0.717, 1.165) is 24.8 Å². The molecule has 0 aromatic rings. The van der Waals surface area contributed by atoms with Crippen LogP contribution in [-0.2, 0) is 14.4 Å². The highest BCUT2D eigenvalue weighted by molar-refractivity contribution is 5.97. The summed E-state index contributed by atoms with van der Waals surface area (Å²) >= 11 is 0. The average molecular weight is 316 g/mol. The van der Waals surface area contributed by atoms with E-state index in [4.69, 9.17) is 0 Å². The molecule has 4 heteroatoms. The summed E-state index contributed by atoms with van der Waals surface area (Å²) in [6, 6.07) is 0. The predicted octanol–water partition coefficient (Wildman–Crippen LogP) is 2.24. The van der Waals surface area contributed by atoms with Crippen LogP contribution in [0.15, 0.2) is 11.6 Å². The molecule has 0 spiro atoms. The van der Waals surface area contributed by atoms with Crippen molar-refractivity contribution in [2.45, 2.75) is 58.5 Å². The summed E-state index contributed by atoms with van der Waals surface area (Å²) in [5.74, 6) is 0.492. The van der Waals surface area contributed by atoms with Gasteiger partial charge in [-0.15, -0.1) is 0 Å². The zero-order chi connectivity index (χ0) is 16.6. The quantitative estimate of drug-likeness (QED) is 0.744. The van der Waals surface area contributed by atoms with Crippen molar-refractivity contribution in [2.24, 2.45) is 28.6 Å². The second-order valence-corrected chi connectivity index (χ2v) is 8.45. The molecule has 4 aliphatic carbocycles. The van der Waals surface area contributed by atoms with E-state index < -0.39 is 16.9 Å². The van der Waals surface area contributed by atoms with Gasteiger partial charge in [0.15, 0.2) is 5.78 Å². The van der Waals surface area contributed by atoms with Crippen molar-refractivity contribution in [3.8, 4) is 0 Å². The van der Waals surface area contributed by atoms with Gasteiger partial charge in [-0.1, -0.05) is 19.4 Å². The van der Waals surface area contributed by atoms with Crippen LogP contribution in [0.25, 0.3) is 0 Å². The van der Waals surface area contributed by atoms with Crippen LogP contribution in [-0.4, -0.2) is 28.6 Å². The molecule has 6 atom stereocenters.